The van der Waals surface area contributed by atoms with Crippen molar-refractivity contribution in [3.05, 3.63) is 44.3 Å². The number of nitrogens with one attached hydrogen (secondary N) is 1. The summed E-state index contributed by atoms with van der Waals surface area (Å²) in [7, 11) is 1.54. The van der Waals surface area contributed by atoms with Crippen LogP contribution in [0.5, 0.6) is 0 Å². The van der Waals surface area contributed by atoms with E-state index in [1.807, 2.05) is 0 Å². The molecule has 0 aromatic heterocycles. The molecule has 0 aliphatic carbocycles. The Balaban J connectivity index is 3.04. The summed E-state index contributed by atoms with van der Waals surface area (Å²) in [6.07, 6.45) is -2.69. The van der Waals surface area contributed by atoms with Gasteiger partial charge < -0.3 is 15.5 Å². The van der Waals surface area contributed by atoms with Crippen LogP contribution in [-0.2, 0) is 0 Å². The molecule has 0 bridgehead atoms. The van der Waals surface area contributed by atoms with Gasteiger partial charge >= 0.3 is 0 Å². The molecular formula is C10H13N5O4. The number of azide groups is 1. The molecule has 2 unspecified atom stereocenters. The Kier molecular flexibility index (Phi) is 5.07. The first-order valence-electron chi connectivity index (χ1n) is 5.34. The Labute approximate surface area is 108 Å². The molecule has 0 saturated carbocycles. The third kappa shape index (κ3) is 3.55. The average molecular weight is 267 g/mol. The van der Waals surface area contributed by atoms with E-state index in [0.717, 1.165) is 6.07 Å². The van der Waals surface area contributed by atoms with Crippen LogP contribution < -0.4 is 5.32 Å². The maximum absolute atomic E-state index is 10.9. The second-order valence-corrected chi connectivity index (χ2v) is 3.71. The molecule has 1 rings (SSSR count). The molecule has 0 amide bonds. The van der Waals surface area contributed by atoms with Crippen molar-refractivity contribution in [1.29, 1.82) is 0 Å². The Hall–Kier alpha value is -2.35. The molecule has 0 spiro atoms. The van der Waals surface area contributed by atoms with Crippen molar-refractivity contribution >= 4 is 11.4 Å². The molecule has 1 aromatic rings. The number of nitro benzene ring substituents is 1. The monoisotopic (exact) mass is 267 g/mol. The van der Waals surface area contributed by atoms with E-state index in [-0.39, 0.29) is 17.8 Å². The van der Waals surface area contributed by atoms with Gasteiger partial charge in [-0.25, -0.2) is 0 Å². The lowest BCUT2D eigenvalue weighted by molar-refractivity contribution is -0.384. The molecule has 3 N–H and O–H groups in total. The van der Waals surface area contributed by atoms with Gasteiger partial charge in [0.2, 0.25) is 0 Å². The van der Waals surface area contributed by atoms with Crippen molar-refractivity contribution < 1.29 is 15.1 Å². The van der Waals surface area contributed by atoms with Crippen molar-refractivity contribution in [2.45, 2.75) is 12.2 Å². The fourth-order valence-corrected chi connectivity index (χ4v) is 1.54. The van der Waals surface area contributed by atoms with E-state index in [1.165, 1.54) is 19.2 Å². The van der Waals surface area contributed by atoms with Crippen molar-refractivity contribution in [1.82, 2.24) is 0 Å². The van der Waals surface area contributed by atoms with Crippen molar-refractivity contribution in [2.75, 3.05) is 18.9 Å². The van der Waals surface area contributed by atoms with Gasteiger partial charge in [0.05, 0.1) is 17.6 Å². The van der Waals surface area contributed by atoms with Gasteiger partial charge in [-0.1, -0.05) is 11.2 Å². The standard InChI is InChI=1S/C10H13N5O4/c1-12-7-3-2-6(4-8(7)15(18)19)10(17)9(16)5-13-14-11/h2-4,9-10,12,16-17H,5H2,1H3. The summed E-state index contributed by atoms with van der Waals surface area (Å²) in [6, 6.07) is 4.04. The zero-order valence-electron chi connectivity index (χ0n) is 10.1. The molecule has 0 aliphatic heterocycles. The molecule has 0 radical (unpaired) electrons. The van der Waals surface area contributed by atoms with Gasteiger partial charge in [0.15, 0.2) is 0 Å². The quantitative estimate of drug-likeness (QED) is 0.234. The van der Waals surface area contributed by atoms with Gasteiger partial charge in [-0.15, -0.1) is 0 Å². The van der Waals surface area contributed by atoms with Gasteiger partial charge in [0.25, 0.3) is 5.69 Å². The number of benzene rings is 1. The average Bonchev–Trinajstić information content (AvgIpc) is 2.42. The van der Waals surface area contributed by atoms with E-state index in [9.17, 15) is 20.3 Å². The van der Waals surface area contributed by atoms with E-state index >= 15 is 0 Å². The number of nitrogens with zero attached hydrogens (tertiary/aromatic N) is 4. The number of nitro groups is 1. The molecule has 0 aliphatic rings. The number of aliphatic hydroxyl groups is 2. The third-order valence-electron chi connectivity index (χ3n) is 2.53. The first-order valence-corrected chi connectivity index (χ1v) is 5.34. The van der Waals surface area contributed by atoms with Crippen LogP contribution in [0, 0.1) is 10.1 Å². The van der Waals surface area contributed by atoms with Gasteiger partial charge in [-0.2, -0.15) is 0 Å². The van der Waals surface area contributed by atoms with E-state index in [2.05, 4.69) is 15.3 Å². The van der Waals surface area contributed by atoms with E-state index in [0.29, 0.717) is 5.69 Å². The van der Waals surface area contributed by atoms with Crippen LogP contribution in [0.1, 0.15) is 11.7 Å². The summed E-state index contributed by atoms with van der Waals surface area (Å²) in [5.74, 6) is 0. The van der Waals surface area contributed by atoms with E-state index in [1.54, 1.807) is 0 Å². The predicted octanol–water partition coefficient (Wildman–Crippen LogP) is 1.34. The third-order valence-corrected chi connectivity index (χ3v) is 2.53. The number of hydrogen-bond donors (Lipinski definition) is 3. The van der Waals surface area contributed by atoms with Crippen LogP contribution >= 0.6 is 0 Å². The Morgan fingerprint density at radius 3 is 2.79 bits per heavy atom. The molecule has 0 saturated heterocycles. The van der Waals surface area contributed by atoms with Crippen LogP contribution in [0.3, 0.4) is 0 Å². The van der Waals surface area contributed by atoms with Crippen molar-refractivity contribution in [3.8, 4) is 0 Å². The smallest absolute Gasteiger partial charge is 0.292 e. The molecule has 9 heteroatoms. The highest BCUT2D eigenvalue weighted by atomic mass is 16.6. The lowest BCUT2D eigenvalue weighted by Gasteiger charge is -2.16. The molecule has 19 heavy (non-hydrogen) atoms. The highest BCUT2D eigenvalue weighted by Gasteiger charge is 2.21. The summed E-state index contributed by atoms with van der Waals surface area (Å²) in [4.78, 5) is 12.7. The molecule has 0 heterocycles. The van der Waals surface area contributed by atoms with Crippen molar-refractivity contribution in [2.24, 2.45) is 5.11 Å². The molecule has 1 aromatic carbocycles. The Bertz CT molecular complexity index is 515. The van der Waals surface area contributed by atoms with E-state index in [4.69, 9.17) is 5.53 Å². The lowest BCUT2D eigenvalue weighted by atomic mass is 10.0. The fraction of sp³-hybridized carbons (Fsp3) is 0.400. The maximum Gasteiger partial charge on any atom is 0.292 e. The highest BCUT2D eigenvalue weighted by Crippen LogP contribution is 2.28. The van der Waals surface area contributed by atoms with Gasteiger partial charge in [0.1, 0.15) is 11.8 Å². The van der Waals surface area contributed by atoms with Gasteiger partial charge in [-0.3, -0.25) is 10.1 Å². The number of anilines is 1. The SMILES string of the molecule is CNc1ccc(C(O)C(O)CN=[N+]=[N-])cc1[N+](=O)[O-]. The van der Waals surface area contributed by atoms with Gasteiger partial charge in [-0.05, 0) is 17.2 Å². The molecule has 9 nitrogen and oxygen atoms in total. The minimum absolute atomic E-state index is 0.173. The number of hydrogen-bond acceptors (Lipinski definition) is 6. The van der Waals surface area contributed by atoms with Gasteiger partial charge in [0, 0.05) is 18.0 Å². The summed E-state index contributed by atoms with van der Waals surface area (Å²) in [5, 5.41) is 36.0. The normalized spacial score (nSPS) is 13.2. The maximum atomic E-state index is 10.9. The van der Waals surface area contributed by atoms with Crippen LogP contribution in [-0.4, -0.2) is 34.8 Å². The predicted molar refractivity (Wildman–Crippen MR) is 67.6 cm³/mol. The zero-order valence-corrected chi connectivity index (χ0v) is 10.1. The summed E-state index contributed by atoms with van der Waals surface area (Å²) in [5.41, 5.74) is 8.38. The second kappa shape index (κ2) is 6.55. The van der Waals surface area contributed by atoms with Crippen LogP contribution in [0.4, 0.5) is 11.4 Å². The Morgan fingerprint density at radius 2 is 2.26 bits per heavy atom. The fourth-order valence-electron chi connectivity index (χ4n) is 1.54. The minimum Gasteiger partial charge on any atom is -0.390 e. The molecule has 2 atom stereocenters. The minimum atomic E-state index is -1.37. The van der Waals surface area contributed by atoms with Crippen LogP contribution in [0.25, 0.3) is 10.4 Å². The molecule has 102 valence electrons. The van der Waals surface area contributed by atoms with E-state index < -0.39 is 17.1 Å². The summed E-state index contributed by atoms with van der Waals surface area (Å²) in [6.45, 7) is -0.320. The molecular weight excluding hydrogens is 254 g/mol. The van der Waals surface area contributed by atoms with Crippen LogP contribution in [0.2, 0.25) is 0 Å². The van der Waals surface area contributed by atoms with Crippen molar-refractivity contribution in [3.63, 3.8) is 0 Å². The topological polar surface area (TPSA) is 144 Å². The largest absolute Gasteiger partial charge is 0.390 e. The number of rotatable bonds is 6. The lowest BCUT2D eigenvalue weighted by Crippen LogP contribution is -2.21. The zero-order chi connectivity index (χ0) is 14.4. The highest BCUT2D eigenvalue weighted by molar-refractivity contribution is 5.62. The first-order chi connectivity index (χ1) is 9.01. The summed E-state index contributed by atoms with van der Waals surface area (Å²) < 4.78 is 0. The van der Waals surface area contributed by atoms with Crippen LogP contribution in [0.15, 0.2) is 23.3 Å². The Morgan fingerprint density at radius 1 is 1.58 bits per heavy atom. The first kappa shape index (κ1) is 14.7. The second-order valence-electron chi connectivity index (χ2n) is 3.71. The molecule has 0 fully saturated rings. The summed E-state index contributed by atoms with van der Waals surface area (Å²) >= 11 is 0. The number of aliphatic hydroxyl groups excluding tert-OH is 2.